The third kappa shape index (κ3) is 4.98. The Morgan fingerprint density at radius 3 is 1.23 bits per heavy atom. The molecule has 6 aromatic rings. The summed E-state index contributed by atoms with van der Waals surface area (Å²) in [6.07, 6.45) is 0. The molecule has 0 bridgehead atoms. The first-order chi connectivity index (χ1) is 22.6. The molecule has 0 fully saturated rings. The number of rotatable bonds is 5. The summed E-state index contributed by atoms with van der Waals surface area (Å²) >= 11 is -2.05. The van der Waals surface area contributed by atoms with E-state index in [1.165, 1.54) is 13.0 Å². The zero-order valence-corrected chi connectivity index (χ0v) is 27.3. The molecule has 0 unspecified atom stereocenters. The Balaban J connectivity index is 1.55. The number of benzene rings is 4. The molecule has 0 aliphatic carbocycles. The van der Waals surface area contributed by atoms with Gasteiger partial charge in [0.1, 0.15) is 0 Å². The zero-order chi connectivity index (χ0) is 34.9. The fraction of sp³-hybridized carbons (Fsp3) is 0.0323. The second-order valence-electron chi connectivity index (χ2n) is 10.3. The third-order valence-electron chi connectivity index (χ3n) is 7.20. The standard InChI is InChI=1S/C31H20O15Se2/c1-8-2-9(3-13(34)20(8)39)26-24(43)22(41)18-11(32)6-16(37)30(28(18)45-26)47-48-31-17(38)7-12(33)19-23(42)25(44)27(46-29(19)31)10-4-14(35)21(40)15(36)5-10/h2-7,32-40,43-44H,1H3. The molecule has 0 saturated carbocycles. The van der Waals surface area contributed by atoms with Crippen LogP contribution >= 0.6 is 0 Å². The predicted molar refractivity (Wildman–Crippen MR) is 170 cm³/mol. The summed E-state index contributed by atoms with van der Waals surface area (Å²) in [6, 6.07) is 5.75. The average molecular weight is 790 g/mol. The monoisotopic (exact) mass is 792 g/mol. The maximum atomic E-state index is 13.3. The Labute approximate surface area is 276 Å². The van der Waals surface area contributed by atoms with Gasteiger partial charge in [0.25, 0.3) is 0 Å². The molecule has 246 valence electrons. The van der Waals surface area contributed by atoms with Crippen molar-refractivity contribution < 1.29 is 65.0 Å². The van der Waals surface area contributed by atoms with Crippen molar-refractivity contribution in [3.63, 3.8) is 0 Å². The van der Waals surface area contributed by atoms with Crippen molar-refractivity contribution in [3.8, 4) is 85.9 Å². The SMILES string of the molecule is Cc1cc(-c2oc3c([Se][Se]c4c(O)cc(O)c5c(=O)c(O)c(-c6cc(O)c(O)c(O)c6)oc45)c(O)cc(O)c3c(=O)c2O)cc(O)c1O. The molecule has 0 aliphatic rings. The number of phenolic OH excluding ortho intramolecular Hbond substituents is 9. The molecule has 48 heavy (non-hydrogen) atoms. The molecule has 0 saturated heterocycles. The van der Waals surface area contributed by atoms with Gasteiger partial charge < -0.3 is 0 Å². The number of hydrogen-bond donors (Lipinski definition) is 11. The number of aromatic hydroxyl groups is 11. The molecule has 11 N–H and O–H groups in total. The molecular weight excluding hydrogens is 770 g/mol. The Morgan fingerprint density at radius 1 is 0.458 bits per heavy atom. The second kappa shape index (κ2) is 11.4. The van der Waals surface area contributed by atoms with Gasteiger partial charge in [0.15, 0.2) is 0 Å². The topological polar surface area (TPSA) is 283 Å². The Bertz CT molecular complexity index is 2260. The molecule has 4 aromatic carbocycles. The fourth-order valence-electron chi connectivity index (χ4n) is 4.87. The molecular formula is C31H20O15Se2. The van der Waals surface area contributed by atoms with E-state index in [9.17, 15) is 65.8 Å². The molecule has 2 heterocycles. The molecule has 0 atom stereocenters. The average Bonchev–Trinajstić information content (AvgIpc) is 3.01. The minimum absolute atomic E-state index is 0.0336. The van der Waals surface area contributed by atoms with Gasteiger partial charge in [-0.15, -0.1) is 0 Å². The van der Waals surface area contributed by atoms with E-state index in [0.29, 0.717) is 0 Å². The molecule has 0 amide bonds. The summed E-state index contributed by atoms with van der Waals surface area (Å²) in [4.78, 5) is 26.5. The van der Waals surface area contributed by atoms with Crippen LogP contribution in [-0.2, 0) is 0 Å². The van der Waals surface area contributed by atoms with Crippen molar-refractivity contribution in [2.75, 3.05) is 0 Å². The van der Waals surface area contributed by atoms with Crippen molar-refractivity contribution in [2.45, 2.75) is 6.92 Å². The number of aryl methyl sites for hydroxylation is 1. The van der Waals surface area contributed by atoms with Gasteiger partial charge in [-0.1, -0.05) is 0 Å². The van der Waals surface area contributed by atoms with Crippen LogP contribution < -0.4 is 19.8 Å². The Morgan fingerprint density at radius 2 is 0.833 bits per heavy atom. The van der Waals surface area contributed by atoms with E-state index >= 15 is 0 Å². The maximum absolute atomic E-state index is 13.3. The molecule has 0 aliphatic heterocycles. The van der Waals surface area contributed by atoms with Crippen LogP contribution in [0.3, 0.4) is 0 Å². The molecule has 6 rings (SSSR count). The van der Waals surface area contributed by atoms with Crippen molar-refractivity contribution in [1.82, 2.24) is 0 Å². The van der Waals surface area contributed by atoms with Crippen LogP contribution in [-0.4, -0.2) is 82.4 Å². The van der Waals surface area contributed by atoms with Gasteiger partial charge in [0.2, 0.25) is 0 Å². The van der Waals surface area contributed by atoms with E-state index in [2.05, 4.69) is 0 Å². The van der Waals surface area contributed by atoms with Crippen LogP contribution in [0.5, 0.6) is 63.2 Å². The number of fused-ring (bicyclic) bond motifs is 2. The van der Waals surface area contributed by atoms with E-state index in [4.69, 9.17) is 8.83 Å². The Kier molecular flexibility index (Phi) is 7.64. The van der Waals surface area contributed by atoms with Gasteiger partial charge in [-0.25, -0.2) is 0 Å². The summed E-state index contributed by atoms with van der Waals surface area (Å²) in [5.74, 6) is -9.25. The van der Waals surface area contributed by atoms with Gasteiger partial charge in [0, 0.05) is 0 Å². The summed E-state index contributed by atoms with van der Waals surface area (Å²) in [5.41, 5.74) is -3.17. The summed E-state index contributed by atoms with van der Waals surface area (Å²) in [6.45, 7) is 1.44. The molecule has 0 radical (unpaired) electrons. The molecule has 2 aromatic heterocycles. The second-order valence-corrected chi connectivity index (χ2v) is 16.4. The number of hydrogen-bond acceptors (Lipinski definition) is 15. The van der Waals surface area contributed by atoms with E-state index < -0.39 is 128 Å². The van der Waals surface area contributed by atoms with Crippen molar-refractivity contribution >= 4 is 57.1 Å². The Hall–Kier alpha value is -5.86. The van der Waals surface area contributed by atoms with Crippen LogP contribution in [0.25, 0.3) is 44.6 Å². The van der Waals surface area contributed by atoms with Crippen LogP contribution in [0.1, 0.15) is 5.56 Å². The van der Waals surface area contributed by atoms with Gasteiger partial charge in [-0.3, -0.25) is 0 Å². The first-order valence-electron chi connectivity index (χ1n) is 13.2. The van der Waals surface area contributed by atoms with Crippen LogP contribution in [0.15, 0.2) is 54.8 Å². The van der Waals surface area contributed by atoms with E-state index in [1.54, 1.807) is 0 Å². The van der Waals surface area contributed by atoms with Crippen LogP contribution in [0.2, 0.25) is 0 Å². The van der Waals surface area contributed by atoms with Crippen LogP contribution in [0, 0.1) is 6.92 Å². The first kappa shape index (κ1) is 32.1. The van der Waals surface area contributed by atoms with Crippen molar-refractivity contribution in [3.05, 3.63) is 62.4 Å². The summed E-state index contributed by atoms with van der Waals surface area (Å²) in [5, 5.41) is 113. The summed E-state index contributed by atoms with van der Waals surface area (Å²) < 4.78 is 11.5. The molecule has 17 heteroatoms. The predicted octanol–water partition coefficient (Wildman–Crippen LogP) is 1.58. The van der Waals surface area contributed by atoms with Gasteiger partial charge in [-0.05, 0) is 0 Å². The van der Waals surface area contributed by atoms with Crippen molar-refractivity contribution in [2.24, 2.45) is 0 Å². The van der Waals surface area contributed by atoms with Gasteiger partial charge in [-0.2, -0.15) is 0 Å². The van der Waals surface area contributed by atoms with Gasteiger partial charge in [0.05, 0.1) is 0 Å². The number of phenols is 9. The van der Waals surface area contributed by atoms with Crippen LogP contribution in [0.4, 0.5) is 0 Å². The minimum atomic E-state index is -1.16. The zero-order valence-electron chi connectivity index (χ0n) is 23.8. The van der Waals surface area contributed by atoms with Crippen molar-refractivity contribution in [1.29, 1.82) is 0 Å². The fourth-order valence-corrected chi connectivity index (χ4v) is 12.1. The third-order valence-corrected chi connectivity index (χ3v) is 14.3. The first-order valence-corrected chi connectivity index (χ1v) is 19.3. The van der Waals surface area contributed by atoms with E-state index in [0.717, 1.165) is 30.3 Å². The normalized spacial score (nSPS) is 11.4. The molecule has 15 nitrogen and oxygen atoms in total. The van der Waals surface area contributed by atoms with E-state index in [-0.39, 0.29) is 31.2 Å². The summed E-state index contributed by atoms with van der Waals surface area (Å²) in [7, 11) is 0. The van der Waals surface area contributed by atoms with Gasteiger partial charge >= 0.3 is 277 Å². The molecule has 0 spiro atoms. The quantitative estimate of drug-likeness (QED) is 0.0874. The van der Waals surface area contributed by atoms with E-state index in [1.807, 2.05) is 0 Å².